The molecule has 0 aliphatic rings. The van der Waals surface area contributed by atoms with Crippen molar-refractivity contribution in [3.05, 3.63) is 63.1 Å². The first-order chi connectivity index (χ1) is 9.47. The topological polar surface area (TPSA) is 29.5 Å². The highest BCUT2D eigenvalue weighted by molar-refractivity contribution is 6.33. The first-order valence-electron chi connectivity index (χ1n) is 6.32. The average Bonchev–Trinajstić information content (AvgIpc) is 2.39. The Labute approximate surface area is 128 Å². The lowest BCUT2D eigenvalue weighted by Crippen LogP contribution is -2.02. The summed E-state index contributed by atoms with van der Waals surface area (Å²) < 4.78 is 5.80. The highest BCUT2D eigenvalue weighted by atomic mass is 35.5. The molecule has 0 aliphatic heterocycles. The van der Waals surface area contributed by atoms with Gasteiger partial charge in [0.15, 0.2) is 0 Å². The van der Waals surface area contributed by atoms with Crippen molar-refractivity contribution in [2.24, 2.45) is 0 Å². The van der Waals surface area contributed by atoms with Crippen LogP contribution in [-0.4, -0.2) is 5.11 Å². The monoisotopic (exact) mass is 310 g/mol. The third kappa shape index (κ3) is 3.66. The smallest absolute Gasteiger partial charge is 0.125 e. The van der Waals surface area contributed by atoms with E-state index >= 15 is 0 Å². The molecule has 0 saturated carbocycles. The lowest BCUT2D eigenvalue weighted by Gasteiger charge is -2.15. The fourth-order valence-corrected chi connectivity index (χ4v) is 2.29. The Balaban J connectivity index is 2.22. The van der Waals surface area contributed by atoms with Crippen molar-refractivity contribution in [1.82, 2.24) is 0 Å². The van der Waals surface area contributed by atoms with Gasteiger partial charge < -0.3 is 9.84 Å². The molecule has 106 valence electrons. The molecule has 0 aliphatic carbocycles. The summed E-state index contributed by atoms with van der Waals surface area (Å²) in [4.78, 5) is 0. The maximum atomic E-state index is 9.76. The summed E-state index contributed by atoms with van der Waals surface area (Å²) in [7, 11) is 0. The second-order valence-electron chi connectivity index (χ2n) is 4.74. The van der Waals surface area contributed by atoms with E-state index in [1.54, 1.807) is 25.1 Å². The van der Waals surface area contributed by atoms with E-state index in [0.717, 1.165) is 16.7 Å². The molecule has 0 bridgehead atoms. The van der Waals surface area contributed by atoms with Crippen LogP contribution in [0.25, 0.3) is 0 Å². The van der Waals surface area contributed by atoms with E-state index in [9.17, 15) is 5.11 Å². The van der Waals surface area contributed by atoms with E-state index in [1.165, 1.54) is 0 Å². The molecule has 0 amide bonds. The summed E-state index contributed by atoms with van der Waals surface area (Å²) >= 11 is 12.1. The molecule has 0 heterocycles. The number of benzene rings is 2. The third-order valence-corrected chi connectivity index (χ3v) is 3.61. The fourth-order valence-electron chi connectivity index (χ4n) is 1.92. The van der Waals surface area contributed by atoms with Crippen LogP contribution < -0.4 is 4.74 Å². The van der Waals surface area contributed by atoms with E-state index in [1.807, 2.05) is 25.1 Å². The van der Waals surface area contributed by atoms with E-state index in [-0.39, 0.29) is 0 Å². The van der Waals surface area contributed by atoms with Gasteiger partial charge in [-0.1, -0.05) is 35.3 Å². The number of ether oxygens (including phenoxy) is 1. The minimum atomic E-state index is -0.583. The highest BCUT2D eigenvalue weighted by Gasteiger charge is 2.10. The van der Waals surface area contributed by atoms with Crippen LogP contribution in [0.2, 0.25) is 10.0 Å². The van der Waals surface area contributed by atoms with Crippen molar-refractivity contribution in [3.8, 4) is 5.75 Å². The van der Waals surface area contributed by atoms with Gasteiger partial charge in [-0.3, -0.25) is 0 Å². The molecule has 0 radical (unpaired) electrons. The SMILES string of the molecule is Cc1ccc([C@H](C)O)c(OCc2cc(Cl)ccc2Cl)c1. The molecule has 4 heteroatoms. The van der Waals surface area contributed by atoms with Gasteiger partial charge in [0.25, 0.3) is 0 Å². The number of hydrogen-bond donors (Lipinski definition) is 1. The number of aliphatic hydroxyl groups is 1. The largest absolute Gasteiger partial charge is 0.488 e. The van der Waals surface area contributed by atoms with Crippen molar-refractivity contribution in [2.45, 2.75) is 26.6 Å². The van der Waals surface area contributed by atoms with E-state index < -0.39 is 6.10 Å². The molecule has 2 nitrogen and oxygen atoms in total. The summed E-state index contributed by atoms with van der Waals surface area (Å²) in [6, 6.07) is 11.0. The highest BCUT2D eigenvalue weighted by Crippen LogP contribution is 2.28. The van der Waals surface area contributed by atoms with Crippen LogP contribution in [0.5, 0.6) is 5.75 Å². The van der Waals surface area contributed by atoms with E-state index in [2.05, 4.69) is 0 Å². The number of aliphatic hydroxyl groups excluding tert-OH is 1. The molecule has 2 aromatic rings. The molecule has 0 unspecified atom stereocenters. The van der Waals surface area contributed by atoms with E-state index in [4.69, 9.17) is 27.9 Å². The van der Waals surface area contributed by atoms with Gasteiger partial charge in [0.2, 0.25) is 0 Å². The minimum absolute atomic E-state index is 0.308. The predicted molar refractivity (Wildman–Crippen MR) is 82.6 cm³/mol. The maximum absolute atomic E-state index is 9.76. The fraction of sp³-hybridized carbons (Fsp3) is 0.250. The molecule has 1 atom stereocenters. The minimum Gasteiger partial charge on any atom is -0.488 e. The second-order valence-corrected chi connectivity index (χ2v) is 5.59. The van der Waals surface area contributed by atoms with Gasteiger partial charge in [0.1, 0.15) is 12.4 Å². The Hall–Kier alpha value is -1.22. The summed E-state index contributed by atoms with van der Waals surface area (Å²) in [5.41, 5.74) is 2.65. The summed E-state index contributed by atoms with van der Waals surface area (Å²) in [6.45, 7) is 4.00. The van der Waals surface area contributed by atoms with Crippen LogP contribution in [0.3, 0.4) is 0 Å². The van der Waals surface area contributed by atoms with Gasteiger partial charge in [-0.05, 0) is 43.7 Å². The van der Waals surface area contributed by atoms with Crippen molar-refractivity contribution < 1.29 is 9.84 Å². The molecule has 2 aromatic carbocycles. The van der Waals surface area contributed by atoms with Gasteiger partial charge in [-0.15, -0.1) is 0 Å². The standard InChI is InChI=1S/C16H16Cl2O2/c1-10-3-5-14(11(2)19)16(7-10)20-9-12-8-13(17)4-6-15(12)18/h3-8,11,19H,9H2,1-2H3/t11-/m0/s1. The maximum Gasteiger partial charge on any atom is 0.125 e. The van der Waals surface area contributed by atoms with Crippen LogP contribution in [0, 0.1) is 6.92 Å². The molecular formula is C16H16Cl2O2. The Bertz CT molecular complexity index is 609. The average molecular weight is 311 g/mol. The molecule has 0 spiro atoms. The van der Waals surface area contributed by atoms with Crippen molar-refractivity contribution in [3.63, 3.8) is 0 Å². The lowest BCUT2D eigenvalue weighted by molar-refractivity contribution is 0.190. The van der Waals surface area contributed by atoms with Crippen LogP contribution in [0.1, 0.15) is 29.7 Å². The zero-order valence-corrected chi connectivity index (χ0v) is 12.9. The first-order valence-corrected chi connectivity index (χ1v) is 7.08. The molecule has 0 saturated heterocycles. The number of hydrogen-bond acceptors (Lipinski definition) is 2. The van der Waals surface area contributed by atoms with Crippen molar-refractivity contribution in [1.29, 1.82) is 0 Å². The summed E-state index contributed by atoms with van der Waals surface area (Å²) in [5, 5.41) is 11.0. The molecular weight excluding hydrogens is 295 g/mol. The second kappa shape index (κ2) is 6.49. The Morgan fingerprint density at radius 2 is 1.90 bits per heavy atom. The number of aryl methyl sites for hydroxylation is 1. The number of rotatable bonds is 4. The summed E-state index contributed by atoms with van der Waals surface area (Å²) in [5.74, 6) is 0.663. The zero-order chi connectivity index (χ0) is 14.7. The predicted octanol–water partition coefficient (Wildman–Crippen LogP) is 4.93. The summed E-state index contributed by atoms with van der Waals surface area (Å²) in [6.07, 6.45) is -0.583. The van der Waals surface area contributed by atoms with Crippen molar-refractivity contribution in [2.75, 3.05) is 0 Å². The normalized spacial score (nSPS) is 12.2. The van der Waals surface area contributed by atoms with Gasteiger partial charge in [-0.25, -0.2) is 0 Å². The Kier molecular flexibility index (Phi) is 4.92. The van der Waals surface area contributed by atoms with Crippen LogP contribution in [0.4, 0.5) is 0 Å². The Morgan fingerprint density at radius 1 is 1.15 bits per heavy atom. The molecule has 0 aromatic heterocycles. The van der Waals surface area contributed by atoms with Gasteiger partial charge in [0.05, 0.1) is 6.10 Å². The first kappa shape index (κ1) is 15.2. The Morgan fingerprint density at radius 3 is 2.60 bits per heavy atom. The van der Waals surface area contributed by atoms with Crippen LogP contribution in [-0.2, 0) is 6.61 Å². The van der Waals surface area contributed by atoms with Crippen LogP contribution >= 0.6 is 23.2 Å². The third-order valence-electron chi connectivity index (χ3n) is 3.01. The van der Waals surface area contributed by atoms with Gasteiger partial charge in [-0.2, -0.15) is 0 Å². The molecule has 0 fully saturated rings. The molecule has 2 rings (SSSR count). The quantitative estimate of drug-likeness (QED) is 0.867. The van der Waals surface area contributed by atoms with Crippen molar-refractivity contribution >= 4 is 23.2 Å². The molecule has 1 N–H and O–H groups in total. The van der Waals surface area contributed by atoms with Crippen LogP contribution in [0.15, 0.2) is 36.4 Å². The number of halogens is 2. The van der Waals surface area contributed by atoms with Gasteiger partial charge in [0, 0.05) is 21.2 Å². The van der Waals surface area contributed by atoms with E-state index in [0.29, 0.717) is 22.4 Å². The zero-order valence-electron chi connectivity index (χ0n) is 11.4. The lowest BCUT2D eigenvalue weighted by atomic mass is 10.1. The molecule has 20 heavy (non-hydrogen) atoms. The van der Waals surface area contributed by atoms with Gasteiger partial charge >= 0.3 is 0 Å².